The van der Waals surface area contributed by atoms with Gasteiger partial charge in [0, 0.05) is 23.5 Å². The van der Waals surface area contributed by atoms with Crippen LogP contribution in [-0.2, 0) is 16.1 Å². The van der Waals surface area contributed by atoms with Gasteiger partial charge in [0.2, 0.25) is 0 Å². The van der Waals surface area contributed by atoms with Crippen LogP contribution in [-0.4, -0.2) is 40.4 Å². The number of aromatic nitrogens is 1. The van der Waals surface area contributed by atoms with Gasteiger partial charge in [-0.05, 0) is 60.4 Å². The van der Waals surface area contributed by atoms with Crippen LogP contribution in [0.4, 0.5) is 0 Å². The molecule has 1 unspecified atom stereocenters. The zero-order chi connectivity index (χ0) is 25.8. The third kappa shape index (κ3) is 4.96. The van der Waals surface area contributed by atoms with Gasteiger partial charge >= 0.3 is 0 Å². The van der Waals surface area contributed by atoms with Crippen LogP contribution in [0.1, 0.15) is 42.1 Å². The molecule has 0 bridgehead atoms. The molecular formula is C29H30N2O5. The maximum Gasteiger partial charge on any atom is 0.295 e. The number of methoxy groups -OCH3 is 1. The minimum Gasteiger partial charge on any atom is -0.507 e. The molecule has 2 heterocycles. The summed E-state index contributed by atoms with van der Waals surface area (Å²) in [7, 11) is 1.56. The first-order valence-electron chi connectivity index (χ1n) is 11.9. The number of ether oxygens (including phenoxy) is 2. The fourth-order valence-corrected chi connectivity index (χ4v) is 4.32. The molecule has 0 saturated carbocycles. The van der Waals surface area contributed by atoms with Crippen LogP contribution in [0.15, 0.2) is 72.6 Å². The average molecular weight is 487 g/mol. The molecule has 3 aromatic rings. The van der Waals surface area contributed by atoms with Crippen LogP contribution in [0.5, 0.6) is 11.5 Å². The second kappa shape index (κ2) is 10.6. The van der Waals surface area contributed by atoms with E-state index >= 15 is 0 Å². The van der Waals surface area contributed by atoms with E-state index in [0.717, 1.165) is 11.1 Å². The second-order valence-corrected chi connectivity index (χ2v) is 9.20. The van der Waals surface area contributed by atoms with Gasteiger partial charge < -0.3 is 19.5 Å². The van der Waals surface area contributed by atoms with E-state index in [1.54, 1.807) is 55.9 Å². The largest absolute Gasteiger partial charge is 0.507 e. The van der Waals surface area contributed by atoms with Crippen LogP contribution < -0.4 is 9.47 Å². The van der Waals surface area contributed by atoms with Crippen molar-refractivity contribution < 1.29 is 24.2 Å². The van der Waals surface area contributed by atoms with Gasteiger partial charge in [-0.2, -0.15) is 0 Å². The predicted octanol–water partition coefficient (Wildman–Crippen LogP) is 5.06. The minimum atomic E-state index is -0.782. The van der Waals surface area contributed by atoms with Gasteiger partial charge in [0.1, 0.15) is 17.3 Å². The Morgan fingerprint density at radius 3 is 2.44 bits per heavy atom. The number of amides is 1. The molecule has 1 atom stereocenters. The van der Waals surface area contributed by atoms with Gasteiger partial charge in [-0.1, -0.05) is 32.0 Å². The molecule has 7 nitrogen and oxygen atoms in total. The van der Waals surface area contributed by atoms with Crippen molar-refractivity contribution >= 4 is 17.4 Å². The molecule has 186 valence electrons. The van der Waals surface area contributed by atoms with E-state index in [4.69, 9.17) is 9.47 Å². The minimum absolute atomic E-state index is 0.0383. The Hall–Kier alpha value is -4.13. The van der Waals surface area contributed by atoms with Gasteiger partial charge in [-0.15, -0.1) is 0 Å². The fourth-order valence-electron chi connectivity index (χ4n) is 4.32. The summed E-state index contributed by atoms with van der Waals surface area (Å²) in [6, 6.07) is 15.3. The number of aryl methyl sites for hydroxylation is 1. The van der Waals surface area contributed by atoms with Crippen molar-refractivity contribution in [3.63, 3.8) is 0 Å². The quantitative estimate of drug-likeness (QED) is 0.272. The highest BCUT2D eigenvalue weighted by atomic mass is 16.5. The zero-order valence-corrected chi connectivity index (χ0v) is 20.9. The zero-order valence-electron chi connectivity index (χ0n) is 20.9. The molecule has 1 N–H and O–H groups in total. The van der Waals surface area contributed by atoms with E-state index in [-0.39, 0.29) is 17.9 Å². The van der Waals surface area contributed by atoms with Crippen molar-refractivity contribution in [2.45, 2.75) is 33.4 Å². The summed E-state index contributed by atoms with van der Waals surface area (Å²) in [6.45, 7) is 6.73. The first kappa shape index (κ1) is 25.0. The highest BCUT2D eigenvalue weighted by molar-refractivity contribution is 6.46. The topological polar surface area (TPSA) is 89.0 Å². The fraction of sp³-hybridized carbons (Fsp3) is 0.276. The third-order valence-corrected chi connectivity index (χ3v) is 6.12. The number of benzene rings is 2. The molecule has 0 radical (unpaired) electrons. The Kier molecular flexibility index (Phi) is 7.38. The molecule has 36 heavy (non-hydrogen) atoms. The van der Waals surface area contributed by atoms with Gasteiger partial charge in [0.15, 0.2) is 0 Å². The van der Waals surface area contributed by atoms with E-state index in [1.165, 1.54) is 4.90 Å². The molecule has 0 aliphatic carbocycles. The van der Waals surface area contributed by atoms with Crippen molar-refractivity contribution in [3.8, 4) is 11.5 Å². The van der Waals surface area contributed by atoms with E-state index in [2.05, 4.69) is 18.8 Å². The Morgan fingerprint density at radius 1 is 1.06 bits per heavy atom. The number of pyridine rings is 1. The van der Waals surface area contributed by atoms with Crippen LogP contribution in [0.25, 0.3) is 5.76 Å². The van der Waals surface area contributed by atoms with Crippen LogP contribution in [0.3, 0.4) is 0 Å². The lowest BCUT2D eigenvalue weighted by atomic mass is 9.95. The van der Waals surface area contributed by atoms with Gasteiger partial charge in [-0.25, -0.2) is 0 Å². The van der Waals surface area contributed by atoms with Crippen LogP contribution in [0.2, 0.25) is 0 Å². The molecule has 7 heteroatoms. The summed E-state index contributed by atoms with van der Waals surface area (Å²) in [5.74, 6) is 0.0520. The Morgan fingerprint density at radius 2 is 1.78 bits per heavy atom. The maximum atomic E-state index is 13.3. The second-order valence-electron chi connectivity index (χ2n) is 9.20. The molecule has 1 fully saturated rings. The Bertz CT molecular complexity index is 1300. The molecule has 1 aliphatic heterocycles. The Balaban J connectivity index is 1.79. The number of hydrogen-bond donors (Lipinski definition) is 1. The summed E-state index contributed by atoms with van der Waals surface area (Å²) in [6.07, 6.45) is 3.20. The van der Waals surface area contributed by atoms with E-state index in [1.807, 2.05) is 25.1 Å². The molecule has 1 aliphatic rings. The lowest BCUT2D eigenvalue weighted by molar-refractivity contribution is -0.140. The predicted molar refractivity (Wildman–Crippen MR) is 137 cm³/mol. The number of likely N-dealkylation sites (tertiary alicyclic amines) is 1. The maximum absolute atomic E-state index is 13.3. The molecular weight excluding hydrogens is 456 g/mol. The number of hydrogen-bond acceptors (Lipinski definition) is 6. The number of para-hydroxylation sites is 1. The third-order valence-electron chi connectivity index (χ3n) is 6.12. The number of ketones is 1. The Labute approximate surface area is 211 Å². The molecule has 4 rings (SSSR count). The normalized spacial score (nSPS) is 17.0. The number of aliphatic hydroxyl groups excluding tert-OH is 1. The first-order chi connectivity index (χ1) is 17.3. The molecule has 1 amide bonds. The summed E-state index contributed by atoms with van der Waals surface area (Å²) in [4.78, 5) is 32.1. The van der Waals surface area contributed by atoms with Gasteiger partial charge in [-0.3, -0.25) is 14.6 Å². The number of rotatable bonds is 8. The lowest BCUT2D eigenvalue weighted by Gasteiger charge is -2.26. The van der Waals surface area contributed by atoms with Crippen LogP contribution in [0, 0.1) is 12.8 Å². The molecule has 0 spiro atoms. The molecule has 1 aromatic heterocycles. The monoisotopic (exact) mass is 486 g/mol. The number of carbonyl (C=O) groups excluding carboxylic acids is 2. The highest BCUT2D eigenvalue weighted by Crippen LogP contribution is 2.41. The number of aliphatic hydroxyl groups is 1. The first-order valence-corrected chi connectivity index (χ1v) is 11.9. The average Bonchev–Trinajstić information content (AvgIpc) is 3.13. The summed E-state index contributed by atoms with van der Waals surface area (Å²) in [5.41, 5.74) is 2.73. The van der Waals surface area contributed by atoms with Crippen LogP contribution >= 0.6 is 0 Å². The van der Waals surface area contributed by atoms with E-state index < -0.39 is 17.7 Å². The van der Waals surface area contributed by atoms with Crippen molar-refractivity contribution in [1.29, 1.82) is 0 Å². The molecule has 1 saturated heterocycles. The highest BCUT2D eigenvalue weighted by Gasteiger charge is 2.46. The summed E-state index contributed by atoms with van der Waals surface area (Å²) < 4.78 is 11.3. The van der Waals surface area contributed by atoms with Crippen molar-refractivity contribution in [3.05, 3.63) is 94.8 Å². The van der Waals surface area contributed by atoms with E-state index in [9.17, 15) is 14.7 Å². The standard InChI is InChI=1S/C29H30N2O5/c1-18(2)17-36-23-10-9-21(15-19(23)3)27(32)25-26(20-11-13-30-14-12-20)31(29(34)28(25)33)16-22-7-5-6-8-24(22)35-4/h5-15,18,26,32H,16-17H2,1-4H3/b27-25-. The SMILES string of the molecule is COc1ccccc1CN1C(=O)C(=O)/C(=C(\O)c2ccc(OCC(C)C)c(C)c2)C1c1ccncc1. The van der Waals surface area contributed by atoms with Gasteiger partial charge in [0.05, 0.1) is 31.9 Å². The van der Waals surface area contributed by atoms with Crippen molar-refractivity contribution in [2.75, 3.05) is 13.7 Å². The summed E-state index contributed by atoms with van der Waals surface area (Å²) in [5, 5.41) is 11.4. The number of carbonyl (C=O) groups is 2. The number of Topliss-reactive ketones (excluding diaryl/α,β-unsaturated/α-hetero) is 1. The van der Waals surface area contributed by atoms with Crippen molar-refractivity contribution in [2.24, 2.45) is 5.92 Å². The van der Waals surface area contributed by atoms with Crippen molar-refractivity contribution in [1.82, 2.24) is 9.88 Å². The lowest BCUT2D eigenvalue weighted by Crippen LogP contribution is -2.29. The number of nitrogens with zero attached hydrogens (tertiary/aromatic N) is 2. The smallest absolute Gasteiger partial charge is 0.295 e. The van der Waals surface area contributed by atoms with E-state index in [0.29, 0.717) is 35.2 Å². The molecule has 2 aromatic carbocycles. The summed E-state index contributed by atoms with van der Waals surface area (Å²) >= 11 is 0. The van der Waals surface area contributed by atoms with Gasteiger partial charge in [0.25, 0.3) is 11.7 Å².